The fourth-order valence-electron chi connectivity index (χ4n) is 2.03. The molecule has 1 unspecified atom stereocenters. The lowest BCUT2D eigenvalue weighted by atomic mass is 10.1. The molecule has 1 fully saturated rings. The molecule has 1 aliphatic heterocycles. The molecule has 2 N–H and O–H groups in total. The van der Waals surface area contributed by atoms with E-state index >= 15 is 0 Å². The summed E-state index contributed by atoms with van der Waals surface area (Å²) in [5.41, 5.74) is 0. The molecular weight excluding hydrogens is 278 g/mol. The zero-order valence-corrected chi connectivity index (χ0v) is 12.7. The second kappa shape index (κ2) is 6.34. The third-order valence-corrected chi connectivity index (χ3v) is 4.92. The predicted molar refractivity (Wildman–Crippen MR) is 78.5 cm³/mol. The van der Waals surface area contributed by atoms with Crippen molar-refractivity contribution in [3.63, 3.8) is 0 Å². The van der Waals surface area contributed by atoms with Gasteiger partial charge in [-0.25, -0.2) is 8.42 Å². The number of hydrogen-bond donors (Lipinski definition) is 2. The van der Waals surface area contributed by atoms with Gasteiger partial charge in [0.25, 0.3) is 0 Å². The molecule has 0 saturated carbocycles. The Kier molecular flexibility index (Phi) is 4.74. The van der Waals surface area contributed by atoms with Gasteiger partial charge in [-0.1, -0.05) is 13.8 Å². The number of aromatic nitrogens is 3. The standard InChI is InChI=1S/C12H21N5O2S/c1-9(2)3-5-13-11-7-14-17-12(16-11)15-10-4-6-20(18,19)8-10/h7,9-10H,3-6,8H2,1-2H3,(H2,13,15,16,17). The first kappa shape index (κ1) is 15.0. The monoisotopic (exact) mass is 299 g/mol. The lowest BCUT2D eigenvalue weighted by Crippen LogP contribution is -2.22. The Morgan fingerprint density at radius 3 is 2.90 bits per heavy atom. The van der Waals surface area contributed by atoms with E-state index in [2.05, 4.69) is 39.7 Å². The molecule has 1 aliphatic rings. The molecule has 0 bridgehead atoms. The molecule has 112 valence electrons. The molecule has 1 saturated heterocycles. The van der Waals surface area contributed by atoms with Crippen LogP contribution >= 0.6 is 0 Å². The Balaban J connectivity index is 1.89. The Morgan fingerprint density at radius 1 is 1.45 bits per heavy atom. The van der Waals surface area contributed by atoms with Crippen LogP contribution in [0.1, 0.15) is 26.7 Å². The number of nitrogens with one attached hydrogen (secondary N) is 2. The molecule has 8 heteroatoms. The van der Waals surface area contributed by atoms with Crippen LogP contribution in [-0.2, 0) is 9.84 Å². The smallest absolute Gasteiger partial charge is 0.244 e. The minimum atomic E-state index is -2.90. The van der Waals surface area contributed by atoms with Crippen LogP contribution in [0, 0.1) is 5.92 Å². The van der Waals surface area contributed by atoms with E-state index in [1.54, 1.807) is 6.20 Å². The maximum absolute atomic E-state index is 11.4. The summed E-state index contributed by atoms with van der Waals surface area (Å²) in [4.78, 5) is 4.29. The Bertz CT molecular complexity index is 547. The van der Waals surface area contributed by atoms with Crippen molar-refractivity contribution < 1.29 is 8.42 Å². The second-order valence-corrected chi connectivity index (χ2v) is 7.75. The fourth-order valence-corrected chi connectivity index (χ4v) is 3.70. The average molecular weight is 299 g/mol. The third kappa shape index (κ3) is 4.59. The molecule has 0 aromatic carbocycles. The van der Waals surface area contributed by atoms with Crippen molar-refractivity contribution in [3.8, 4) is 0 Å². The van der Waals surface area contributed by atoms with E-state index in [4.69, 9.17) is 0 Å². The van der Waals surface area contributed by atoms with Gasteiger partial charge in [0, 0.05) is 12.6 Å². The number of sulfone groups is 1. The minimum absolute atomic E-state index is 0.118. The van der Waals surface area contributed by atoms with Crippen molar-refractivity contribution in [3.05, 3.63) is 6.20 Å². The van der Waals surface area contributed by atoms with Crippen LogP contribution in [0.4, 0.5) is 11.8 Å². The SMILES string of the molecule is CC(C)CCNc1cnnc(NC2CCS(=O)(=O)C2)n1. The highest BCUT2D eigenvalue weighted by atomic mass is 32.2. The van der Waals surface area contributed by atoms with Crippen molar-refractivity contribution in [1.82, 2.24) is 15.2 Å². The van der Waals surface area contributed by atoms with Crippen LogP contribution in [0.25, 0.3) is 0 Å². The summed E-state index contributed by atoms with van der Waals surface area (Å²) >= 11 is 0. The first-order valence-corrected chi connectivity index (χ1v) is 8.67. The van der Waals surface area contributed by atoms with Gasteiger partial charge in [0.1, 0.15) is 5.82 Å². The van der Waals surface area contributed by atoms with Crippen LogP contribution in [0.2, 0.25) is 0 Å². The highest BCUT2D eigenvalue weighted by Gasteiger charge is 2.28. The zero-order chi connectivity index (χ0) is 14.6. The molecule has 2 rings (SSSR count). The van der Waals surface area contributed by atoms with E-state index in [0.717, 1.165) is 13.0 Å². The summed E-state index contributed by atoms with van der Waals surface area (Å²) in [7, 11) is -2.90. The topological polar surface area (TPSA) is 96.9 Å². The van der Waals surface area contributed by atoms with Gasteiger partial charge in [-0.2, -0.15) is 10.1 Å². The Morgan fingerprint density at radius 2 is 2.25 bits per heavy atom. The van der Waals surface area contributed by atoms with E-state index in [0.29, 0.717) is 24.1 Å². The van der Waals surface area contributed by atoms with E-state index in [-0.39, 0.29) is 17.5 Å². The van der Waals surface area contributed by atoms with Crippen LogP contribution in [-0.4, -0.2) is 47.7 Å². The molecule has 0 amide bonds. The average Bonchev–Trinajstić information content (AvgIpc) is 2.68. The molecule has 0 aliphatic carbocycles. The summed E-state index contributed by atoms with van der Waals surface area (Å²) in [6.07, 6.45) is 3.21. The molecule has 1 atom stereocenters. The number of rotatable bonds is 6. The van der Waals surface area contributed by atoms with Crippen LogP contribution in [0.3, 0.4) is 0 Å². The Hall–Kier alpha value is -1.44. The van der Waals surface area contributed by atoms with Gasteiger partial charge in [0.2, 0.25) is 5.95 Å². The second-order valence-electron chi connectivity index (χ2n) is 5.52. The molecule has 0 spiro atoms. The molecule has 0 radical (unpaired) electrons. The quantitative estimate of drug-likeness (QED) is 0.806. The third-order valence-electron chi connectivity index (χ3n) is 3.15. The number of hydrogen-bond acceptors (Lipinski definition) is 7. The van der Waals surface area contributed by atoms with Crippen molar-refractivity contribution in [2.75, 3.05) is 28.7 Å². The van der Waals surface area contributed by atoms with E-state index in [9.17, 15) is 8.42 Å². The van der Waals surface area contributed by atoms with Crippen LogP contribution in [0.5, 0.6) is 0 Å². The van der Waals surface area contributed by atoms with E-state index in [1.165, 1.54) is 0 Å². The van der Waals surface area contributed by atoms with Crippen LogP contribution < -0.4 is 10.6 Å². The van der Waals surface area contributed by atoms with Gasteiger partial charge >= 0.3 is 0 Å². The highest BCUT2D eigenvalue weighted by molar-refractivity contribution is 7.91. The largest absolute Gasteiger partial charge is 0.369 e. The number of nitrogens with zero attached hydrogens (tertiary/aromatic N) is 3. The summed E-state index contributed by atoms with van der Waals surface area (Å²) in [5.74, 6) is 2.02. The lowest BCUT2D eigenvalue weighted by molar-refractivity contribution is 0.602. The molecule has 1 aromatic rings. The van der Waals surface area contributed by atoms with Crippen LogP contribution in [0.15, 0.2) is 6.20 Å². The van der Waals surface area contributed by atoms with Gasteiger partial charge in [0.05, 0.1) is 17.7 Å². The maximum Gasteiger partial charge on any atom is 0.244 e. The highest BCUT2D eigenvalue weighted by Crippen LogP contribution is 2.15. The molecule has 1 aromatic heterocycles. The fraction of sp³-hybridized carbons (Fsp3) is 0.750. The maximum atomic E-state index is 11.4. The van der Waals surface area contributed by atoms with E-state index < -0.39 is 9.84 Å². The number of anilines is 2. The molecular formula is C12H21N5O2S. The van der Waals surface area contributed by atoms with Gasteiger partial charge in [-0.15, -0.1) is 5.10 Å². The normalized spacial score (nSPS) is 21.1. The van der Waals surface area contributed by atoms with Gasteiger partial charge in [-0.05, 0) is 18.8 Å². The van der Waals surface area contributed by atoms with Crippen molar-refractivity contribution >= 4 is 21.6 Å². The summed E-state index contributed by atoms with van der Waals surface area (Å²) < 4.78 is 22.8. The minimum Gasteiger partial charge on any atom is -0.369 e. The summed E-state index contributed by atoms with van der Waals surface area (Å²) in [5, 5.41) is 14.0. The molecule has 2 heterocycles. The summed E-state index contributed by atoms with van der Waals surface area (Å²) in [6, 6.07) is -0.118. The molecule has 20 heavy (non-hydrogen) atoms. The summed E-state index contributed by atoms with van der Waals surface area (Å²) in [6.45, 7) is 5.15. The van der Waals surface area contributed by atoms with Crippen molar-refractivity contribution in [2.24, 2.45) is 5.92 Å². The molecule has 7 nitrogen and oxygen atoms in total. The van der Waals surface area contributed by atoms with E-state index in [1.807, 2.05) is 0 Å². The van der Waals surface area contributed by atoms with Gasteiger partial charge < -0.3 is 10.6 Å². The lowest BCUT2D eigenvalue weighted by Gasteiger charge is -2.11. The first-order chi connectivity index (χ1) is 9.44. The Labute approximate surface area is 119 Å². The van der Waals surface area contributed by atoms with Gasteiger partial charge in [-0.3, -0.25) is 0 Å². The zero-order valence-electron chi connectivity index (χ0n) is 11.8. The van der Waals surface area contributed by atoms with Crippen molar-refractivity contribution in [2.45, 2.75) is 32.7 Å². The first-order valence-electron chi connectivity index (χ1n) is 6.85. The predicted octanol–water partition coefficient (Wildman–Crippen LogP) is 0.929. The van der Waals surface area contributed by atoms with Crippen molar-refractivity contribution in [1.29, 1.82) is 0 Å². The van der Waals surface area contributed by atoms with Gasteiger partial charge in [0.15, 0.2) is 9.84 Å².